The summed E-state index contributed by atoms with van der Waals surface area (Å²) in [5.41, 5.74) is 0.770. The van der Waals surface area contributed by atoms with Gasteiger partial charge in [-0.05, 0) is 28.1 Å². The lowest BCUT2D eigenvalue weighted by Gasteiger charge is -2.08. The highest BCUT2D eigenvalue weighted by Gasteiger charge is 2.11. The topological polar surface area (TPSA) is 47.9 Å². The van der Waals surface area contributed by atoms with Gasteiger partial charge in [0, 0.05) is 11.6 Å². The fourth-order valence-corrected chi connectivity index (χ4v) is 2.08. The molecule has 94 valence electrons. The molecule has 1 aromatic carbocycles. The van der Waals surface area contributed by atoms with Gasteiger partial charge >= 0.3 is 0 Å². The first-order chi connectivity index (χ1) is 9.25. The number of pyridine rings is 1. The standard InChI is InChI=1S/C13H7BrClN3O/c14-10-12(15)17-7-18-13(10)19-9-5-1-3-8-4-2-6-16-11(8)9/h1-7H. The summed E-state index contributed by atoms with van der Waals surface area (Å²) >= 11 is 9.20. The summed E-state index contributed by atoms with van der Waals surface area (Å²) in [6.45, 7) is 0. The van der Waals surface area contributed by atoms with Crippen LogP contribution in [0.4, 0.5) is 0 Å². The first kappa shape index (κ1) is 12.3. The lowest BCUT2D eigenvalue weighted by atomic mass is 10.2. The highest BCUT2D eigenvalue weighted by Crippen LogP contribution is 2.33. The minimum Gasteiger partial charge on any atom is -0.435 e. The Hall–Kier alpha value is -1.72. The van der Waals surface area contributed by atoms with E-state index in [-0.39, 0.29) is 0 Å². The number of hydrogen-bond acceptors (Lipinski definition) is 4. The maximum absolute atomic E-state index is 5.90. The molecule has 2 aromatic heterocycles. The first-order valence-corrected chi connectivity index (χ1v) is 6.60. The van der Waals surface area contributed by atoms with Gasteiger partial charge < -0.3 is 4.74 Å². The SMILES string of the molecule is Clc1ncnc(Oc2cccc3cccnc23)c1Br. The van der Waals surface area contributed by atoms with Crippen molar-refractivity contribution in [1.82, 2.24) is 15.0 Å². The van der Waals surface area contributed by atoms with Crippen LogP contribution in [0.5, 0.6) is 11.6 Å². The van der Waals surface area contributed by atoms with Crippen LogP contribution in [0.1, 0.15) is 0 Å². The molecule has 6 heteroatoms. The Morgan fingerprint density at radius 3 is 2.79 bits per heavy atom. The van der Waals surface area contributed by atoms with Crippen LogP contribution in [-0.2, 0) is 0 Å². The van der Waals surface area contributed by atoms with Gasteiger partial charge in [0.2, 0.25) is 5.88 Å². The number of benzene rings is 1. The van der Waals surface area contributed by atoms with Gasteiger partial charge in [0.05, 0.1) is 0 Å². The van der Waals surface area contributed by atoms with Crippen LogP contribution in [0, 0.1) is 0 Å². The van der Waals surface area contributed by atoms with Gasteiger partial charge in [0.1, 0.15) is 16.3 Å². The van der Waals surface area contributed by atoms with Gasteiger partial charge in [0.25, 0.3) is 0 Å². The molecule has 3 rings (SSSR count). The van der Waals surface area contributed by atoms with Crippen LogP contribution in [-0.4, -0.2) is 15.0 Å². The minimum absolute atomic E-state index is 0.304. The number of fused-ring (bicyclic) bond motifs is 1. The second-order valence-corrected chi connectivity index (χ2v) is 4.87. The quantitative estimate of drug-likeness (QED) is 0.657. The van der Waals surface area contributed by atoms with E-state index in [1.807, 2.05) is 30.3 Å². The van der Waals surface area contributed by atoms with Gasteiger partial charge in [-0.3, -0.25) is 4.98 Å². The zero-order chi connectivity index (χ0) is 13.2. The molecule has 0 unspecified atom stereocenters. The van der Waals surface area contributed by atoms with Crippen molar-refractivity contribution in [2.75, 3.05) is 0 Å². The molecular formula is C13H7BrClN3O. The van der Waals surface area contributed by atoms with Gasteiger partial charge in [0.15, 0.2) is 10.9 Å². The van der Waals surface area contributed by atoms with Gasteiger partial charge in [-0.1, -0.05) is 29.8 Å². The van der Waals surface area contributed by atoms with E-state index in [0.717, 1.165) is 10.9 Å². The molecule has 19 heavy (non-hydrogen) atoms. The fraction of sp³-hybridized carbons (Fsp3) is 0. The molecule has 0 atom stereocenters. The summed E-state index contributed by atoms with van der Waals surface area (Å²) < 4.78 is 6.28. The molecule has 0 aliphatic carbocycles. The number of nitrogens with zero attached hydrogens (tertiary/aromatic N) is 3. The van der Waals surface area contributed by atoms with E-state index in [1.54, 1.807) is 6.20 Å². The molecule has 0 bridgehead atoms. The molecule has 4 nitrogen and oxygen atoms in total. The summed E-state index contributed by atoms with van der Waals surface area (Å²) in [7, 11) is 0. The lowest BCUT2D eigenvalue weighted by molar-refractivity contribution is 0.462. The van der Waals surface area contributed by atoms with E-state index in [9.17, 15) is 0 Å². The number of aromatic nitrogens is 3. The molecule has 0 saturated carbocycles. The van der Waals surface area contributed by atoms with E-state index in [0.29, 0.717) is 21.3 Å². The van der Waals surface area contributed by atoms with E-state index in [1.165, 1.54) is 6.33 Å². The average molecular weight is 337 g/mol. The second-order valence-electron chi connectivity index (χ2n) is 3.72. The second kappa shape index (κ2) is 5.11. The van der Waals surface area contributed by atoms with Crippen molar-refractivity contribution in [3.8, 4) is 11.6 Å². The Balaban J connectivity index is 2.09. The third kappa shape index (κ3) is 2.39. The van der Waals surface area contributed by atoms with Crippen LogP contribution in [0.2, 0.25) is 5.15 Å². The monoisotopic (exact) mass is 335 g/mol. The Morgan fingerprint density at radius 1 is 1.05 bits per heavy atom. The molecule has 3 aromatic rings. The largest absolute Gasteiger partial charge is 0.435 e. The minimum atomic E-state index is 0.304. The summed E-state index contributed by atoms with van der Waals surface area (Å²) in [5.74, 6) is 0.978. The highest BCUT2D eigenvalue weighted by molar-refractivity contribution is 9.10. The summed E-state index contributed by atoms with van der Waals surface area (Å²) in [4.78, 5) is 12.2. The van der Waals surface area contributed by atoms with E-state index in [2.05, 4.69) is 30.9 Å². The molecule has 0 amide bonds. The number of ether oxygens (including phenoxy) is 1. The molecular weight excluding hydrogens is 330 g/mol. The van der Waals surface area contributed by atoms with Gasteiger partial charge in [-0.25, -0.2) is 9.97 Å². The van der Waals surface area contributed by atoms with E-state index in [4.69, 9.17) is 16.3 Å². The maximum atomic E-state index is 5.90. The molecule has 0 aliphatic rings. The summed E-state index contributed by atoms with van der Waals surface area (Å²) in [5, 5.41) is 1.30. The Kier molecular flexibility index (Phi) is 3.31. The average Bonchev–Trinajstić information content (AvgIpc) is 2.44. The number of rotatable bonds is 2. The van der Waals surface area contributed by atoms with Crippen molar-refractivity contribution in [1.29, 1.82) is 0 Å². The van der Waals surface area contributed by atoms with Crippen molar-refractivity contribution in [2.45, 2.75) is 0 Å². The van der Waals surface area contributed by atoms with Gasteiger partial charge in [-0.15, -0.1) is 0 Å². The summed E-state index contributed by atoms with van der Waals surface area (Å²) in [6, 6.07) is 9.55. The van der Waals surface area contributed by atoms with E-state index < -0.39 is 0 Å². The van der Waals surface area contributed by atoms with E-state index >= 15 is 0 Å². The Morgan fingerprint density at radius 2 is 1.89 bits per heavy atom. The van der Waals surface area contributed by atoms with Crippen molar-refractivity contribution >= 4 is 38.4 Å². The normalized spacial score (nSPS) is 10.6. The summed E-state index contributed by atoms with van der Waals surface area (Å²) in [6.07, 6.45) is 3.07. The number of halogens is 2. The van der Waals surface area contributed by atoms with Crippen LogP contribution in [0.3, 0.4) is 0 Å². The Labute approximate surface area is 122 Å². The van der Waals surface area contributed by atoms with Crippen LogP contribution in [0.25, 0.3) is 10.9 Å². The number of para-hydroxylation sites is 1. The van der Waals surface area contributed by atoms with Crippen LogP contribution in [0.15, 0.2) is 47.3 Å². The maximum Gasteiger partial charge on any atom is 0.238 e. The lowest BCUT2D eigenvalue weighted by Crippen LogP contribution is -1.93. The highest BCUT2D eigenvalue weighted by atomic mass is 79.9. The molecule has 0 spiro atoms. The van der Waals surface area contributed by atoms with Crippen molar-refractivity contribution < 1.29 is 4.74 Å². The third-order valence-corrected chi connectivity index (χ3v) is 3.75. The zero-order valence-corrected chi connectivity index (χ0v) is 11.9. The third-order valence-electron chi connectivity index (χ3n) is 2.52. The van der Waals surface area contributed by atoms with Gasteiger partial charge in [-0.2, -0.15) is 0 Å². The van der Waals surface area contributed by atoms with Crippen LogP contribution >= 0.6 is 27.5 Å². The molecule has 2 heterocycles. The van der Waals surface area contributed by atoms with Crippen LogP contribution < -0.4 is 4.74 Å². The molecule has 0 aliphatic heterocycles. The zero-order valence-electron chi connectivity index (χ0n) is 9.55. The molecule has 0 saturated heterocycles. The first-order valence-electron chi connectivity index (χ1n) is 5.43. The molecule has 0 fully saturated rings. The van der Waals surface area contributed by atoms with Crippen molar-refractivity contribution in [2.24, 2.45) is 0 Å². The number of hydrogen-bond donors (Lipinski definition) is 0. The molecule has 0 radical (unpaired) electrons. The fourth-order valence-electron chi connectivity index (χ4n) is 1.67. The molecule has 0 N–H and O–H groups in total. The predicted molar refractivity (Wildman–Crippen MR) is 76.6 cm³/mol. The predicted octanol–water partition coefficient (Wildman–Crippen LogP) is 4.23. The smallest absolute Gasteiger partial charge is 0.238 e. The van der Waals surface area contributed by atoms with Crippen molar-refractivity contribution in [3.63, 3.8) is 0 Å². The Bertz CT molecular complexity index is 746. The van der Waals surface area contributed by atoms with Crippen molar-refractivity contribution in [3.05, 3.63) is 52.5 Å².